The summed E-state index contributed by atoms with van der Waals surface area (Å²) in [6.45, 7) is 6.51. The van der Waals surface area contributed by atoms with E-state index in [0.29, 0.717) is 5.75 Å². The van der Waals surface area contributed by atoms with E-state index in [1.54, 1.807) is 0 Å². The minimum absolute atomic E-state index is 0.250. The Bertz CT molecular complexity index is 944. The number of hydrogen-bond donors (Lipinski definition) is 0. The highest BCUT2D eigenvalue weighted by Crippen LogP contribution is 2.36. The van der Waals surface area contributed by atoms with Crippen molar-refractivity contribution in [2.45, 2.75) is 26.7 Å². The van der Waals surface area contributed by atoms with Crippen molar-refractivity contribution in [1.82, 2.24) is 9.38 Å². The first-order chi connectivity index (χ1) is 11.6. The average Bonchev–Trinajstić information content (AvgIpc) is 3.16. The fourth-order valence-corrected chi connectivity index (χ4v) is 2.70. The summed E-state index contributed by atoms with van der Waals surface area (Å²) in [5.41, 5.74) is 3.68. The first-order valence-corrected chi connectivity index (χ1v) is 7.92. The molecule has 1 aliphatic rings. The van der Waals surface area contributed by atoms with Gasteiger partial charge in [0.2, 0.25) is 6.79 Å². The van der Waals surface area contributed by atoms with Crippen LogP contribution in [-0.2, 0) is 0 Å². The van der Waals surface area contributed by atoms with Crippen LogP contribution >= 0.6 is 0 Å². The van der Waals surface area contributed by atoms with Crippen LogP contribution in [-0.4, -0.2) is 16.2 Å². The number of azo groups is 1. The molecular weight excluding hydrogens is 304 g/mol. The fourth-order valence-electron chi connectivity index (χ4n) is 2.70. The molecule has 0 N–H and O–H groups in total. The lowest BCUT2D eigenvalue weighted by atomic mass is 10.1. The Labute approximate surface area is 139 Å². The van der Waals surface area contributed by atoms with Crippen molar-refractivity contribution >= 4 is 17.2 Å². The van der Waals surface area contributed by atoms with Crippen molar-refractivity contribution < 1.29 is 9.47 Å². The summed E-state index contributed by atoms with van der Waals surface area (Å²) in [4.78, 5) is 4.69. The molecule has 0 bridgehead atoms. The smallest absolute Gasteiger partial charge is 0.231 e. The topological polar surface area (TPSA) is 60.5 Å². The number of rotatable bonds is 3. The summed E-state index contributed by atoms with van der Waals surface area (Å²) < 4.78 is 12.7. The van der Waals surface area contributed by atoms with Gasteiger partial charge in [0, 0.05) is 12.3 Å². The molecule has 3 heterocycles. The van der Waals surface area contributed by atoms with Gasteiger partial charge in [0.25, 0.3) is 0 Å². The van der Waals surface area contributed by atoms with Gasteiger partial charge in [-0.25, -0.2) is 4.98 Å². The van der Waals surface area contributed by atoms with E-state index in [1.165, 1.54) is 0 Å². The summed E-state index contributed by atoms with van der Waals surface area (Å²) in [6, 6.07) is 9.58. The van der Waals surface area contributed by atoms with Gasteiger partial charge in [-0.2, -0.15) is 0 Å². The number of imidazole rings is 1. The van der Waals surface area contributed by atoms with Gasteiger partial charge in [0.15, 0.2) is 17.3 Å². The monoisotopic (exact) mass is 322 g/mol. The van der Waals surface area contributed by atoms with Crippen LogP contribution in [0.1, 0.15) is 31.0 Å². The largest absolute Gasteiger partial charge is 0.454 e. The van der Waals surface area contributed by atoms with E-state index in [0.717, 1.165) is 34.2 Å². The van der Waals surface area contributed by atoms with E-state index in [9.17, 15) is 0 Å². The average molecular weight is 322 g/mol. The van der Waals surface area contributed by atoms with Crippen LogP contribution in [0.15, 0.2) is 46.8 Å². The molecule has 0 saturated heterocycles. The molecule has 0 amide bonds. The Morgan fingerprint density at radius 1 is 1.08 bits per heavy atom. The molecule has 1 aromatic carbocycles. The molecule has 1 aliphatic heterocycles. The molecule has 2 aromatic heterocycles. The highest BCUT2D eigenvalue weighted by atomic mass is 16.7. The SMILES string of the molecule is Cc1ccc2nc(C(C)C)c(N=Nc3ccc4c(c3)OCO4)n2c1. The molecule has 0 aliphatic carbocycles. The summed E-state index contributed by atoms with van der Waals surface area (Å²) in [5, 5.41) is 8.86. The predicted octanol–water partition coefficient (Wildman–Crippen LogP) is 4.91. The molecular formula is C18H18N4O2. The van der Waals surface area contributed by atoms with Crippen molar-refractivity contribution in [3.05, 3.63) is 47.8 Å². The van der Waals surface area contributed by atoms with Gasteiger partial charge in [-0.3, -0.25) is 4.40 Å². The molecule has 0 fully saturated rings. The molecule has 0 saturated carbocycles. The van der Waals surface area contributed by atoms with E-state index in [2.05, 4.69) is 29.1 Å². The first kappa shape index (κ1) is 14.7. The Kier molecular flexibility index (Phi) is 3.45. The van der Waals surface area contributed by atoms with Gasteiger partial charge < -0.3 is 9.47 Å². The summed E-state index contributed by atoms with van der Waals surface area (Å²) in [7, 11) is 0. The van der Waals surface area contributed by atoms with E-state index >= 15 is 0 Å². The van der Waals surface area contributed by atoms with Gasteiger partial charge in [-0.15, -0.1) is 10.2 Å². The molecule has 0 spiro atoms. The van der Waals surface area contributed by atoms with Crippen LogP contribution in [0.5, 0.6) is 11.5 Å². The minimum Gasteiger partial charge on any atom is -0.454 e. The number of benzene rings is 1. The van der Waals surface area contributed by atoms with Crippen LogP contribution in [0, 0.1) is 6.92 Å². The van der Waals surface area contributed by atoms with Crippen molar-refractivity contribution in [1.29, 1.82) is 0 Å². The van der Waals surface area contributed by atoms with Crippen molar-refractivity contribution in [3.8, 4) is 11.5 Å². The number of ether oxygens (including phenoxy) is 2. The Morgan fingerprint density at radius 2 is 1.92 bits per heavy atom. The lowest BCUT2D eigenvalue weighted by Gasteiger charge is -2.02. The zero-order valence-electron chi connectivity index (χ0n) is 13.9. The molecule has 0 unspecified atom stereocenters. The first-order valence-electron chi connectivity index (χ1n) is 7.92. The third-order valence-corrected chi connectivity index (χ3v) is 3.93. The number of aromatic nitrogens is 2. The predicted molar refractivity (Wildman–Crippen MR) is 90.8 cm³/mol. The fraction of sp³-hybridized carbons (Fsp3) is 0.278. The van der Waals surface area contributed by atoms with E-state index < -0.39 is 0 Å². The zero-order chi connectivity index (χ0) is 16.7. The van der Waals surface area contributed by atoms with Gasteiger partial charge in [0.05, 0.1) is 11.4 Å². The molecule has 0 radical (unpaired) electrons. The maximum absolute atomic E-state index is 5.38. The maximum atomic E-state index is 5.38. The van der Waals surface area contributed by atoms with Gasteiger partial charge in [0.1, 0.15) is 5.65 Å². The van der Waals surface area contributed by atoms with Crippen LogP contribution < -0.4 is 9.47 Å². The van der Waals surface area contributed by atoms with Gasteiger partial charge in [-0.1, -0.05) is 19.9 Å². The lowest BCUT2D eigenvalue weighted by Crippen LogP contribution is -1.92. The van der Waals surface area contributed by atoms with E-state index in [-0.39, 0.29) is 12.7 Å². The molecule has 4 rings (SSSR count). The second kappa shape index (κ2) is 5.63. The zero-order valence-corrected chi connectivity index (χ0v) is 13.9. The van der Waals surface area contributed by atoms with Gasteiger partial charge in [-0.05, 0) is 36.6 Å². The quantitative estimate of drug-likeness (QED) is 0.644. The summed E-state index contributed by atoms with van der Waals surface area (Å²) in [6.07, 6.45) is 2.03. The normalized spacial score (nSPS) is 13.5. The molecule has 24 heavy (non-hydrogen) atoms. The Hall–Kier alpha value is -2.89. The third kappa shape index (κ3) is 2.50. The molecule has 6 nitrogen and oxygen atoms in total. The number of hydrogen-bond acceptors (Lipinski definition) is 5. The Morgan fingerprint density at radius 3 is 2.75 bits per heavy atom. The van der Waals surface area contributed by atoms with Crippen LogP contribution in [0.25, 0.3) is 5.65 Å². The number of fused-ring (bicyclic) bond motifs is 2. The van der Waals surface area contributed by atoms with Crippen LogP contribution in [0.3, 0.4) is 0 Å². The van der Waals surface area contributed by atoms with Gasteiger partial charge >= 0.3 is 0 Å². The van der Waals surface area contributed by atoms with E-state index in [4.69, 9.17) is 9.47 Å². The van der Waals surface area contributed by atoms with E-state index in [1.807, 2.05) is 47.9 Å². The number of aryl methyl sites for hydroxylation is 1. The molecule has 0 atom stereocenters. The summed E-state index contributed by atoms with van der Waals surface area (Å²) >= 11 is 0. The van der Waals surface area contributed by atoms with Crippen molar-refractivity contribution in [3.63, 3.8) is 0 Å². The standard InChI is InChI=1S/C18H18N4O2/c1-11(2)17-18(22-9-12(3)4-7-16(22)19-17)21-20-13-5-6-14-15(8-13)24-10-23-14/h4-9,11H,10H2,1-3H3. The maximum Gasteiger partial charge on any atom is 0.231 e. The second-order valence-corrected chi connectivity index (χ2v) is 6.15. The highest BCUT2D eigenvalue weighted by molar-refractivity contribution is 5.55. The van der Waals surface area contributed by atoms with Crippen molar-refractivity contribution in [2.24, 2.45) is 10.2 Å². The third-order valence-electron chi connectivity index (χ3n) is 3.93. The summed E-state index contributed by atoms with van der Waals surface area (Å²) in [5.74, 6) is 2.46. The minimum atomic E-state index is 0.250. The number of nitrogens with zero attached hydrogens (tertiary/aromatic N) is 4. The van der Waals surface area contributed by atoms with Crippen LogP contribution in [0.2, 0.25) is 0 Å². The lowest BCUT2D eigenvalue weighted by molar-refractivity contribution is 0.174. The molecule has 6 heteroatoms. The number of pyridine rings is 1. The van der Waals surface area contributed by atoms with Crippen LogP contribution in [0.4, 0.5) is 11.5 Å². The van der Waals surface area contributed by atoms with Crippen molar-refractivity contribution in [2.75, 3.05) is 6.79 Å². The molecule has 122 valence electrons. The highest BCUT2D eigenvalue weighted by Gasteiger charge is 2.16. The molecule has 3 aromatic rings. The Balaban J connectivity index is 1.78. The second-order valence-electron chi connectivity index (χ2n) is 6.15.